The van der Waals surface area contributed by atoms with Gasteiger partial charge in [0, 0.05) is 18.8 Å². The number of pyridine rings is 1. The van der Waals surface area contributed by atoms with Crippen LogP contribution in [-0.4, -0.2) is 14.5 Å². The molecule has 0 atom stereocenters. The number of hydrogen-bond donors (Lipinski definition) is 0. The fourth-order valence-corrected chi connectivity index (χ4v) is 1.34. The van der Waals surface area contributed by atoms with E-state index in [1.165, 1.54) is 6.07 Å². The Morgan fingerprint density at radius 1 is 1.43 bits per heavy atom. The van der Waals surface area contributed by atoms with Gasteiger partial charge in [-0.25, -0.2) is 9.97 Å². The van der Waals surface area contributed by atoms with E-state index in [1.807, 2.05) is 6.92 Å². The van der Waals surface area contributed by atoms with Gasteiger partial charge in [-0.3, -0.25) is 4.57 Å². The lowest BCUT2D eigenvalue weighted by atomic mass is 10.4. The SMILES string of the molecule is CCc1nccn1-c1cccc(F)n1. The summed E-state index contributed by atoms with van der Waals surface area (Å²) in [5.74, 6) is 0.973. The minimum absolute atomic E-state index is 0.474. The van der Waals surface area contributed by atoms with E-state index < -0.39 is 5.95 Å². The first-order valence-electron chi connectivity index (χ1n) is 4.46. The van der Waals surface area contributed by atoms with Crippen molar-refractivity contribution in [3.8, 4) is 5.82 Å². The molecule has 4 heteroatoms. The summed E-state index contributed by atoms with van der Waals surface area (Å²) in [5.41, 5.74) is 0. The van der Waals surface area contributed by atoms with Gasteiger partial charge in [-0.05, 0) is 12.1 Å². The Labute approximate surface area is 81.2 Å². The number of aromatic nitrogens is 3. The monoisotopic (exact) mass is 191 g/mol. The van der Waals surface area contributed by atoms with Crippen molar-refractivity contribution in [2.45, 2.75) is 13.3 Å². The molecular weight excluding hydrogens is 181 g/mol. The van der Waals surface area contributed by atoms with Crippen molar-refractivity contribution in [3.63, 3.8) is 0 Å². The molecule has 2 aromatic heterocycles. The van der Waals surface area contributed by atoms with Gasteiger partial charge in [-0.15, -0.1) is 0 Å². The van der Waals surface area contributed by atoms with Crippen molar-refractivity contribution in [2.75, 3.05) is 0 Å². The van der Waals surface area contributed by atoms with Crippen molar-refractivity contribution in [1.29, 1.82) is 0 Å². The van der Waals surface area contributed by atoms with Gasteiger partial charge >= 0.3 is 0 Å². The lowest BCUT2D eigenvalue weighted by molar-refractivity contribution is 0.579. The van der Waals surface area contributed by atoms with Gasteiger partial charge in [-0.2, -0.15) is 4.39 Å². The van der Waals surface area contributed by atoms with E-state index >= 15 is 0 Å². The summed E-state index contributed by atoms with van der Waals surface area (Å²) >= 11 is 0. The second kappa shape index (κ2) is 3.57. The van der Waals surface area contributed by atoms with Gasteiger partial charge in [0.2, 0.25) is 5.95 Å². The van der Waals surface area contributed by atoms with Gasteiger partial charge < -0.3 is 0 Å². The molecule has 0 saturated heterocycles. The van der Waals surface area contributed by atoms with Crippen LogP contribution in [0.3, 0.4) is 0 Å². The topological polar surface area (TPSA) is 30.7 Å². The molecule has 0 saturated carbocycles. The molecule has 0 unspecified atom stereocenters. The van der Waals surface area contributed by atoms with Gasteiger partial charge in [0.05, 0.1) is 0 Å². The molecule has 2 heterocycles. The number of nitrogens with zero attached hydrogens (tertiary/aromatic N) is 3. The van der Waals surface area contributed by atoms with Crippen LogP contribution in [0.4, 0.5) is 4.39 Å². The molecule has 0 radical (unpaired) electrons. The van der Waals surface area contributed by atoms with Crippen molar-refractivity contribution < 1.29 is 4.39 Å². The molecule has 0 amide bonds. The van der Waals surface area contributed by atoms with Gasteiger partial charge in [0.1, 0.15) is 11.6 Å². The molecule has 2 rings (SSSR count). The number of imidazole rings is 1. The summed E-state index contributed by atoms with van der Waals surface area (Å²) in [5, 5.41) is 0. The number of halogens is 1. The van der Waals surface area contributed by atoms with E-state index in [0.717, 1.165) is 12.2 Å². The van der Waals surface area contributed by atoms with Gasteiger partial charge in [0.15, 0.2) is 0 Å². The summed E-state index contributed by atoms with van der Waals surface area (Å²) < 4.78 is 14.6. The lowest BCUT2D eigenvalue weighted by Crippen LogP contribution is -2.02. The third kappa shape index (κ3) is 1.51. The third-order valence-corrected chi connectivity index (χ3v) is 1.98. The molecule has 0 spiro atoms. The minimum atomic E-state index is -0.474. The molecule has 0 aliphatic rings. The Morgan fingerprint density at radius 3 is 3.00 bits per heavy atom. The number of hydrogen-bond acceptors (Lipinski definition) is 2. The van der Waals surface area contributed by atoms with Gasteiger partial charge in [0.25, 0.3) is 0 Å². The normalized spacial score (nSPS) is 10.4. The van der Waals surface area contributed by atoms with E-state index in [2.05, 4.69) is 9.97 Å². The molecule has 0 aliphatic carbocycles. The summed E-state index contributed by atoms with van der Waals surface area (Å²) in [6, 6.07) is 4.72. The molecule has 0 aromatic carbocycles. The first-order valence-corrected chi connectivity index (χ1v) is 4.46. The summed E-state index contributed by atoms with van der Waals surface area (Å²) in [6.45, 7) is 2.00. The van der Waals surface area contributed by atoms with E-state index in [1.54, 1.807) is 29.1 Å². The highest BCUT2D eigenvalue weighted by atomic mass is 19.1. The summed E-state index contributed by atoms with van der Waals surface area (Å²) in [4.78, 5) is 7.92. The average molecular weight is 191 g/mol. The second-order valence-electron chi connectivity index (χ2n) is 2.89. The molecule has 14 heavy (non-hydrogen) atoms. The van der Waals surface area contributed by atoms with Crippen LogP contribution >= 0.6 is 0 Å². The Morgan fingerprint density at radius 2 is 2.29 bits per heavy atom. The lowest BCUT2D eigenvalue weighted by Gasteiger charge is -2.04. The maximum absolute atomic E-state index is 12.8. The van der Waals surface area contributed by atoms with Crippen LogP contribution in [0.2, 0.25) is 0 Å². The zero-order chi connectivity index (χ0) is 9.97. The average Bonchev–Trinajstić information content (AvgIpc) is 2.65. The van der Waals surface area contributed by atoms with Crippen molar-refractivity contribution >= 4 is 0 Å². The highest BCUT2D eigenvalue weighted by Gasteiger charge is 2.04. The quantitative estimate of drug-likeness (QED) is 0.679. The molecule has 0 bridgehead atoms. The molecular formula is C10H10FN3. The standard InChI is InChI=1S/C10H10FN3/c1-2-9-12-6-7-14(9)10-5-3-4-8(11)13-10/h3-7H,2H2,1H3. The van der Waals surface area contributed by atoms with Crippen molar-refractivity contribution in [2.24, 2.45) is 0 Å². The smallest absolute Gasteiger partial charge is 0.214 e. The van der Waals surface area contributed by atoms with Crippen LogP contribution in [-0.2, 0) is 6.42 Å². The highest BCUT2D eigenvalue weighted by molar-refractivity contribution is 5.24. The van der Waals surface area contributed by atoms with E-state index in [-0.39, 0.29) is 0 Å². The van der Waals surface area contributed by atoms with Crippen LogP contribution in [0.15, 0.2) is 30.6 Å². The molecule has 0 fully saturated rings. The van der Waals surface area contributed by atoms with Crippen LogP contribution in [0, 0.1) is 5.95 Å². The Balaban J connectivity index is 2.49. The third-order valence-electron chi connectivity index (χ3n) is 1.98. The number of aryl methyl sites for hydroxylation is 1. The fourth-order valence-electron chi connectivity index (χ4n) is 1.34. The maximum Gasteiger partial charge on any atom is 0.214 e. The highest BCUT2D eigenvalue weighted by Crippen LogP contribution is 2.08. The molecule has 0 N–H and O–H groups in total. The van der Waals surface area contributed by atoms with Crippen LogP contribution in [0.25, 0.3) is 5.82 Å². The Bertz CT molecular complexity index is 436. The first-order chi connectivity index (χ1) is 6.81. The largest absolute Gasteiger partial charge is 0.288 e. The van der Waals surface area contributed by atoms with Crippen LogP contribution in [0.5, 0.6) is 0 Å². The predicted molar refractivity (Wildman–Crippen MR) is 50.7 cm³/mol. The van der Waals surface area contributed by atoms with E-state index in [0.29, 0.717) is 5.82 Å². The Hall–Kier alpha value is -1.71. The molecule has 72 valence electrons. The summed E-state index contributed by atoms with van der Waals surface area (Å²) in [6.07, 6.45) is 4.26. The first kappa shape index (κ1) is 8.87. The van der Waals surface area contributed by atoms with Crippen molar-refractivity contribution in [1.82, 2.24) is 14.5 Å². The summed E-state index contributed by atoms with van der Waals surface area (Å²) in [7, 11) is 0. The Kier molecular flexibility index (Phi) is 2.26. The second-order valence-corrected chi connectivity index (χ2v) is 2.89. The maximum atomic E-state index is 12.8. The van der Waals surface area contributed by atoms with Crippen LogP contribution < -0.4 is 0 Å². The zero-order valence-electron chi connectivity index (χ0n) is 7.81. The van der Waals surface area contributed by atoms with E-state index in [4.69, 9.17) is 0 Å². The van der Waals surface area contributed by atoms with Crippen molar-refractivity contribution in [3.05, 3.63) is 42.4 Å². The fraction of sp³-hybridized carbons (Fsp3) is 0.200. The molecule has 2 aromatic rings. The zero-order valence-corrected chi connectivity index (χ0v) is 7.81. The predicted octanol–water partition coefficient (Wildman–Crippen LogP) is 1.97. The number of rotatable bonds is 2. The van der Waals surface area contributed by atoms with Crippen LogP contribution in [0.1, 0.15) is 12.7 Å². The minimum Gasteiger partial charge on any atom is -0.288 e. The van der Waals surface area contributed by atoms with E-state index in [9.17, 15) is 4.39 Å². The van der Waals surface area contributed by atoms with Gasteiger partial charge in [-0.1, -0.05) is 13.0 Å². The molecule has 3 nitrogen and oxygen atoms in total. The molecule has 0 aliphatic heterocycles.